The fourth-order valence-electron chi connectivity index (χ4n) is 3.79. The maximum atomic E-state index is 13.5. The highest BCUT2D eigenvalue weighted by Gasteiger charge is 2.49. The summed E-state index contributed by atoms with van der Waals surface area (Å²) in [5, 5.41) is -0.476. The lowest BCUT2D eigenvalue weighted by atomic mass is 9.84. The van der Waals surface area contributed by atoms with E-state index in [1.807, 2.05) is 0 Å². The molecule has 9 nitrogen and oxygen atoms in total. The highest BCUT2D eigenvalue weighted by Crippen LogP contribution is 2.40. The molecular weight excluding hydrogens is 491 g/mol. The van der Waals surface area contributed by atoms with E-state index in [1.165, 1.54) is 11.8 Å². The first-order chi connectivity index (χ1) is 16.3. The number of carbonyl (C=O) groups is 1. The number of likely N-dealkylation sites (tertiary alicyclic amines) is 1. The maximum Gasteiger partial charge on any atom is 0.534 e. The van der Waals surface area contributed by atoms with Gasteiger partial charge in [-0.25, -0.2) is 4.98 Å². The van der Waals surface area contributed by atoms with Gasteiger partial charge in [0.05, 0.1) is 15.4 Å². The van der Waals surface area contributed by atoms with Gasteiger partial charge in [-0.15, -0.1) is 0 Å². The lowest BCUT2D eigenvalue weighted by Gasteiger charge is -2.40. The number of halogens is 4. The average molecular weight is 515 g/mol. The van der Waals surface area contributed by atoms with Crippen LogP contribution in [0.15, 0.2) is 10.9 Å². The third-order valence-corrected chi connectivity index (χ3v) is 6.87. The molecule has 1 fully saturated rings. The van der Waals surface area contributed by atoms with Crippen molar-refractivity contribution in [2.45, 2.75) is 37.8 Å². The molecule has 0 saturated carbocycles. The van der Waals surface area contributed by atoms with Crippen LogP contribution in [0.3, 0.4) is 0 Å². The molecule has 0 aromatic carbocycles. The van der Waals surface area contributed by atoms with Gasteiger partial charge in [-0.1, -0.05) is 11.6 Å². The summed E-state index contributed by atoms with van der Waals surface area (Å²) < 4.78 is 95.7. The van der Waals surface area contributed by atoms with Gasteiger partial charge in [0.1, 0.15) is 16.3 Å². The molecule has 0 unspecified atom stereocenters. The second-order valence-electron chi connectivity index (χ2n) is 7.59. The molecular formula is C19H21ClF3N3O6S. The Hall–Kier alpha value is -2.38. The number of fused-ring (bicyclic) bond motifs is 1. The minimum atomic E-state index is -6.12. The fraction of sp³-hybridized carbons (Fsp3) is 0.526. The first-order valence-electron chi connectivity index (χ1n) is 11.0. The molecule has 1 aliphatic rings. The van der Waals surface area contributed by atoms with Crippen LogP contribution < -0.4 is 9.74 Å². The Balaban J connectivity index is 2.30. The zero-order chi connectivity index (χ0) is 27.4. The summed E-state index contributed by atoms with van der Waals surface area (Å²) in [6.45, 7) is 2.59. The lowest BCUT2D eigenvalue weighted by molar-refractivity contribution is -0.135. The van der Waals surface area contributed by atoms with Crippen LogP contribution in [0.1, 0.15) is 35.1 Å². The molecule has 0 N–H and O–H groups in total. The Morgan fingerprint density at radius 2 is 1.94 bits per heavy atom. The number of carbonyl (C=O) groups excluding carboxylic acids is 1. The highest BCUT2D eigenvalue weighted by atomic mass is 35.5. The van der Waals surface area contributed by atoms with Crippen molar-refractivity contribution in [3.05, 3.63) is 32.8 Å². The van der Waals surface area contributed by atoms with E-state index in [9.17, 15) is 31.2 Å². The van der Waals surface area contributed by atoms with E-state index in [2.05, 4.69) is 9.17 Å². The van der Waals surface area contributed by atoms with Crippen molar-refractivity contribution in [3.8, 4) is 5.75 Å². The predicted octanol–water partition coefficient (Wildman–Crippen LogP) is 2.61. The molecule has 0 spiro atoms. The summed E-state index contributed by atoms with van der Waals surface area (Å²) in [6.07, 6.45) is -0.178. The molecule has 14 heteroatoms. The van der Waals surface area contributed by atoms with Gasteiger partial charge in [0.2, 0.25) is 5.91 Å². The van der Waals surface area contributed by atoms with Crippen molar-refractivity contribution >= 4 is 38.5 Å². The molecule has 2 aromatic rings. The smallest absolute Gasteiger partial charge is 0.373 e. The van der Waals surface area contributed by atoms with Crippen LogP contribution in [-0.4, -0.2) is 54.4 Å². The number of hydrogen-bond donors (Lipinski definition) is 0. The number of hydrogen-bond acceptors (Lipinski definition) is 7. The monoisotopic (exact) mass is 514 g/mol. The van der Waals surface area contributed by atoms with Crippen molar-refractivity contribution in [1.29, 1.82) is 0 Å². The number of alkyl halides is 3. The first kappa shape index (κ1) is 21.2. The maximum absolute atomic E-state index is 13.5. The van der Waals surface area contributed by atoms with E-state index in [0.717, 1.165) is 24.6 Å². The number of ether oxygens (including phenoxy) is 1. The van der Waals surface area contributed by atoms with Gasteiger partial charge < -0.3 is 18.4 Å². The van der Waals surface area contributed by atoms with Crippen LogP contribution in [0, 0.1) is 6.92 Å². The molecule has 182 valence electrons. The van der Waals surface area contributed by atoms with Crippen molar-refractivity contribution < 1.29 is 39.4 Å². The number of nitrogens with zero attached hydrogens (tertiary/aromatic N) is 3. The number of pyridine rings is 2. The van der Waals surface area contributed by atoms with Crippen LogP contribution in [0.25, 0.3) is 10.9 Å². The number of aryl methyl sites for hydroxylation is 2. The molecule has 1 amide bonds. The quantitative estimate of drug-likeness (QED) is 0.350. The zero-order valence-electron chi connectivity index (χ0n) is 20.6. The summed E-state index contributed by atoms with van der Waals surface area (Å²) in [5.41, 5.74) is -9.31. The Kier molecular flexibility index (Phi) is 5.41. The van der Waals surface area contributed by atoms with E-state index in [-0.39, 0.29) is 53.6 Å². The van der Waals surface area contributed by atoms with E-state index >= 15 is 0 Å². The van der Waals surface area contributed by atoms with Gasteiger partial charge in [0.25, 0.3) is 5.56 Å². The zero-order valence-corrected chi connectivity index (χ0v) is 19.2. The van der Waals surface area contributed by atoms with Gasteiger partial charge in [0, 0.05) is 39.5 Å². The molecule has 3 rings (SSSR count). The fourth-order valence-corrected chi connectivity index (χ4v) is 4.58. The van der Waals surface area contributed by atoms with Gasteiger partial charge in [-0.05, 0) is 25.8 Å². The average Bonchev–Trinajstić information content (AvgIpc) is 2.71. The van der Waals surface area contributed by atoms with Crippen molar-refractivity contribution in [2.75, 3.05) is 20.1 Å². The second-order valence-corrected chi connectivity index (χ2v) is 9.48. The second kappa shape index (κ2) is 8.44. The lowest BCUT2D eigenvalue weighted by Crippen LogP contribution is -2.48. The Labute approximate surface area is 196 Å². The molecule has 2 aromatic heterocycles. The minimum absolute atomic E-state index is 0.0602. The Bertz CT molecular complexity index is 1390. The molecule has 0 aliphatic carbocycles. The van der Waals surface area contributed by atoms with Gasteiger partial charge >= 0.3 is 15.6 Å². The van der Waals surface area contributed by atoms with Crippen molar-refractivity contribution in [2.24, 2.45) is 7.05 Å². The molecule has 33 heavy (non-hydrogen) atoms. The summed E-state index contributed by atoms with van der Waals surface area (Å²) in [5.74, 6) is -1.13. The number of piperidine rings is 1. The Morgan fingerprint density at radius 3 is 2.45 bits per heavy atom. The molecule has 1 saturated heterocycles. The number of aromatic nitrogens is 2. The van der Waals surface area contributed by atoms with Crippen molar-refractivity contribution in [1.82, 2.24) is 14.5 Å². The van der Waals surface area contributed by atoms with Crippen LogP contribution in [-0.2, 0) is 32.3 Å². The largest absolute Gasteiger partial charge is 0.534 e. The van der Waals surface area contributed by atoms with Gasteiger partial charge in [0.15, 0.2) is 5.75 Å². The van der Waals surface area contributed by atoms with E-state index < -0.39 is 45.1 Å². The van der Waals surface area contributed by atoms with Gasteiger partial charge in [-0.2, -0.15) is 21.6 Å². The molecule has 3 heterocycles. The third kappa shape index (κ3) is 4.28. The third-order valence-electron chi connectivity index (χ3n) is 5.63. The summed E-state index contributed by atoms with van der Waals surface area (Å²) >= 11 is 6.22. The number of rotatable bonds is 4. The SMILES string of the molecule is [2H]C([2H])([2H])OC1(c2cc3c(Cl)nc(C)c(OS(=O)(=O)C(F)(F)F)c3n(C)c2=O)CCN(C(C)=O)CC1. The van der Waals surface area contributed by atoms with Crippen molar-refractivity contribution in [3.63, 3.8) is 0 Å². The first-order valence-corrected chi connectivity index (χ1v) is 11.2. The Morgan fingerprint density at radius 1 is 1.33 bits per heavy atom. The van der Waals surface area contributed by atoms with Crippen LogP contribution >= 0.6 is 11.6 Å². The summed E-state index contributed by atoms with van der Waals surface area (Å²) in [6, 6.07) is 1.11. The number of amides is 1. The predicted molar refractivity (Wildman–Crippen MR) is 113 cm³/mol. The topological polar surface area (TPSA) is 108 Å². The number of methoxy groups -OCH3 is 1. The molecule has 0 atom stereocenters. The van der Waals surface area contributed by atoms with E-state index in [1.54, 1.807) is 0 Å². The molecule has 0 bridgehead atoms. The van der Waals surface area contributed by atoms with Crippen LogP contribution in [0.2, 0.25) is 5.15 Å². The normalized spacial score (nSPS) is 18.5. The molecule has 0 radical (unpaired) electrons. The van der Waals surface area contributed by atoms with Gasteiger partial charge in [-0.3, -0.25) is 9.59 Å². The summed E-state index contributed by atoms with van der Waals surface area (Å²) in [7, 11) is -7.95. The van der Waals surface area contributed by atoms with E-state index in [4.69, 9.17) is 20.5 Å². The minimum Gasteiger partial charge on any atom is -0.373 e. The van der Waals surface area contributed by atoms with Crippen LogP contribution in [0.5, 0.6) is 5.75 Å². The van der Waals surface area contributed by atoms with Crippen LogP contribution in [0.4, 0.5) is 13.2 Å². The summed E-state index contributed by atoms with van der Waals surface area (Å²) in [4.78, 5) is 30.5. The molecule has 1 aliphatic heterocycles. The standard InChI is InChI=1S/C19H21ClF3N3O6S/c1-10-15(32-33(29,30)19(21,22)23)14-12(16(20)24-10)9-13(17(28)25(14)3)18(31-4)5-7-26(8-6-18)11(2)27/h9H,5-8H2,1-4H3/i4D3. The van der Waals surface area contributed by atoms with E-state index in [0.29, 0.717) is 0 Å². The highest BCUT2D eigenvalue weighted by molar-refractivity contribution is 7.88.